The second kappa shape index (κ2) is 12.8. The van der Waals surface area contributed by atoms with E-state index in [2.05, 4.69) is 157 Å². The van der Waals surface area contributed by atoms with Crippen LogP contribution in [-0.2, 0) is 0 Å². The Balaban J connectivity index is 1.33. The molecule has 0 aliphatic carbocycles. The summed E-state index contributed by atoms with van der Waals surface area (Å²) in [5.41, 5.74) is 19.7. The molecule has 0 N–H and O–H groups in total. The van der Waals surface area contributed by atoms with Crippen molar-refractivity contribution in [2.75, 3.05) is 0 Å². The summed E-state index contributed by atoms with van der Waals surface area (Å²) in [6, 6.07) is 28.1. The second-order valence-corrected chi connectivity index (χ2v) is 16.1. The van der Waals surface area contributed by atoms with Crippen LogP contribution in [0.3, 0.4) is 0 Å². The Morgan fingerprint density at radius 1 is 0.426 bits per heavy atom. The molecule has 0 fully saturated rings. The highest BCUT2D eigenvalue weighted by molar-refractivity contribution is 7.26. The summed E-state index contributed by atoms with van der Waals surface area (Å²) in [7, 11) is 22.1. The van der Waals surface area contributed by atoms with Gasteiger partial charge in [0.05, 0.1) is 0 Å². The predicted octanol–water partition coefficient (Wildman–Crippen LogP) is -6.61. The van der Waals surface area contributed by atoms with Gasteiger partial charge in [0, 0.05) is 47.6 Å². The maximum Gasteiger partial charge on any atom is 0.164 e. The number of aromatic nitrogens is 3. The van der Waals surface area contributed by atoms with Gasteiger partial charge in [-0.05, 0) is 35.4 Å². The lowest BCUT2D eigenvalue weighted by Gasteiger charge is -2.22. The molecule has 0 radical (unpaired) electrons. The number of fused-ring (bicyclic) bond motifs is 6. The summed E-state index contributed by atoms with van der Waals surface area (Å²) in [6.45, 7) is 0. The molecule has 0 amide bonds. The van der Waals surface area contributed by atoms with E-state index in [0.29, 0.717) is 17.5 Å². The van der Waals surface area contributed by atoms with Crippen molar-refractivity contribution in [1.82, 2.24) is 15.0 Å². The number of rotatable bonds is 4. The lowest BCUT2D eigenvalue weighted by atomic mass is 9.60. The van der Waals surface area contributed by atoms with Gasteiger partial charge in [0.2, 0.25) is 0 Å². The van der Waals surface area contributed by atoms with E-state index in [9.17, 15) is 0 Å². The van der Waals surface area contributed by atoms with Crippen LogP contribution >= 0.6 is 11.3 Å². The Morgan fingerprint density at radius 3 is 1.57 bits per heavy atom. The van der Waals surface area contributed by atoms with E-state index in [1.165, 1.54) is 80.4 Å². The average Bonchev–Trinajstić information content (AvgIpc) is 3.76. The van der Waals surface area contributed by atoms with Crippen molar-refractivity contribution in [2.45, 2.75) is 0 Å². The monoisotopic (exact) mass is 701 g/mol. The zero-order valence-corrected chi connectivity index (χ0v) is 33.5. The van der Waals surface area contributed by atoms with Crippen molar-refractivity contribution in [2.24, 2.45) is 0 Å². The normalized spacial score (nSPS) is 11.7. The molecule has 0 saturated heterocycles. The molecular weight excluding hydrogens is 667 g/mol. The summed E-state index contributed by atoms with van der Waals surface area (Å²) >= 11 is 1.85. The zero-order valence-electron chi connectivity index (χ0n) is 32.7. The highest BCUT2D eigenvalue weighted by atomic mass is 32.1. The van der Waals surface area contributed by atoms with Crippen molar-refractivity contribution >= 4 is 187 Å². The van der Waals surface area contributed by atoms with Gasteiger partial charge in [0.1, 0.15) is 89.6 Å². The van der Waals surface area contributed by atoms with E-state index in [0.717, 1.165) is 44.2 Å². The van der Waals surface area contributed by atoms with Crippen molar-refractivity contribution in [3.8, 4) is 45.3 Å². The third-order valence-electron chi connectivity index (χ3n) is 12.5. The van der Waals surface area contributed by atoms with Crippen LogP contribution in [0.2, 0.25) is 0 Å². The SMILES string of the molecule is Bc1c(B)c(B)c(-c2nc(-c3c(B)c(B)c(B)c(B)c3B)nc(-c3cccc4oc5ccc(-c6cccc7c6sc6ccccc67)cc5c34)n2)c(B)c1B. The Hall–Kier alpha value is -5.00. The van der Waals surface area contributed by atoms with Crippen LogP contribution in [0.4, 0.5) is 0 Å². The maximum atomic E-state index is 6.57. The molecule has 9 rings (SSSR count). The molecular formula is C39H33B10N3OS. The molecule has 0 bridgehead atoms. The predicted molar refractivity (Wildman–Crippen MR) is 264 cm³/mol. The van der Waals surface area contributed by atoms with Crippen LogP contribution in [0.25, 0.3) is 87.4 Å². The molecule has 0 aliphatic heterocycles. The van der Waals surface area contributed by atoms with E-state index < -0.39 is 0 Å². The molecule has 6 aromatic carbocycles. The van der Waals surface area contributed by atoms with Crippen LogP contribution in [-0.4, -0.2) is 93.4 Å². The first kappa shape index (κ1) is 34.7. The molecule has 0 aliphatic rings. The molecule has 0 atom stereocenters. The fraction of sp³-hybridized carbons (Fsp3) is 0. The molecule has 9 aromatic rings. The number of benzene rings is 6. The molecule has 246 valence electrons. The van der Waals surface area contributed by atoms with Crippen LogP contribution in [0, 0.1) is 0 Å². The van der Waals surface area contributed by atoms with Gasteiger partial charge in [-0.1, -0.05) is 76.4 Å². The number of thiophene rings is 1. The zero-order chi connectivity index (χ0) is 37.7. The fourth-order valence-electron chi connectivity index (χ4n) is 8.55. The fourth-order valence-corrected chi connectivity index (χ4v) is 9.78. The Bertz CT molecular complexity index is 2940. The Kier molecular flexibility index (Phi) is 8.24. The van der Waals surface area contributed by atoms with E-state index in [1.807, 2.05) is 11.3 Å². The summed E-state index contributed by atoms with van der Waals surface area (Å²) in [5, 5.41) is 4.64. The van der Waals surface area contributed by atoms with Gasteiger partial charge in [0.25, 0.3) is 0 Å². The van der Waals surface area contributed by atoms with Gasteiger partial charge >= 0.3 is 0 Å². The van der Waals surface area contributed by atoms with Gasteiger partial charge in [-0.15, -0.1) is 44.1 Å². The number of nitrogens with zero attached hydrogens (tertiary/aromatic N) is 3. The highest BCUT2D eigenvalue weighted by Crippen LogP contribution is 2.42. The van der Waals surface area contributed by atoms with Crippen molar-refractivity contribution in [1.29, 1.82) is 0 Å². The highest BCUT2D eigenvalue weighted by Gasteiger charge is 2.23. The van der Waals surface area contributed by atoms with Gasteiger partial charge in [-0.25, -0.2) is 15.0 Å². The van der Waals surface area contributed by atoms with Gasteiger partial charge < -0.3 is 4.42 Å². The molecule has 3 heterocycles. The summed E-state index contributed by atoms with van der Waals surface area (Å²) in [5.74, 6) is 2.05. The van der Waals surface area contributed by atoms with Crippen LogP contribution in [0.15, 0.2) is 83.3 Å². The molecule has 4 nitrogen and oxygen atoms in total. The van der Waals surface area contributed by atoms with Crippen molar-refractivity contribution in [3.63, 3.8) is 0 Å². The van der Waals surface area contributed by atoms with E-state index in [1.54, 1.807) is 0 Å². The molecule has 15 heteroatoms. The van der Waals surface area contributed by atoms with E-state index in [4.69, 9.17) is 19.4 Å². The number of hydrogen-bond acceptors (Lipinski definition) is 5. The Morgan fingerprint density at radius 2 is 0.944 bits per heavy atom. The van der Waals surface area contributed by atoms with Gasteiger partial charge in [-0.2, -0.15) is 0 Å². The van der Waals surface area contributed by atoms with E-state index >= 15 is 0 Å². The van der Waals surface area contributed by atoms with Crippen molar-refractivity contribution in [3.05, 3.63) is 78.9 Å². The van der Waals surface area contributed by atoms with Gasteiger partial charge in [-0.3, -0.25) is 0 Å². The first-order valence-corrected chi connectivity index (χ1v) is 19.5. The number of furan rings is 1. The van der Waals surface area contributed by atoms with E-state index in [-0.39, 0.29) is 0 Å². The molecule has 0 spiro atoms. The minimum atomic E-state index is 0.643. The summed E-state index contributed by atoms with van der Waals surface area (Å²) < 4.78 is 9.16. The Labute approximate surface area is 328 Å². The smallest absolute Gasteiger partial charge is 0.164 e. The van der Waals surface area contributed by atoms with Gasteiger partial charge in [0.15, 0.2) is 17.5 Å². The third-order valence-corrected chi connectivity index (χ3v) is 13.8. The van der Waals surface area contributed by atoms with Crippen LogP contribution in [0.5, 0.6) is 0 Å². The molecule has 54 heavy (non-hydrogen) atoms. The molecule has 3 aromatic heterocycles. The van der Waals surface area contributed by atoms with Crippen molar-refractivity contribution < 1.29 is 4.42 Å². The van der Waals surface area contributed by atoms with Crippen LogP contribution in [0.1, 0.15) is 0 Å². The first-order chi connectivity index (χ1) is 25.9. The van der Waals surface area contributed by atoms with Crippen LogP contribution < -0.4 is 54.6 Å². The standard InChI is InChI=1S/C39H33B10N3OS/c40-26-24(27(41)31(45)34(48)30(26)44)38-50-37(51-39(52-38)25-28(42)32(46)35(49)33(47)29(25)43)18-8-4-9-21-23(18)19-13-14(11-12-20(19)53-21)15-6-3-7-17-16-5-1-2-10-22(16)54-36(15)17/h1-13H,40-49H2. The largest absolute Gasteiger partial charge is 0.456 e. The quantitative estimate of drug-likeness (QED) is 0.172. The second-order valence-electron chi connectivity index (χ2n) is 15.1. The summed E-state index contributed by atoms with van der Waals surface area (Å²) in [4.78, 5) is 16.1. The maximum absolute atomic E-state index is 6.57. The average molecular weight is 700 g/mol. The minimum Gasteiger partial charge on any atom is -0.456 e. The topological polar surface area (TPSA) is 51.8 Å². The third kappa shape index (κ3) is 5.15. The molecule has 0 saturated carbocycles. The lowest BCUT2D eigenvalue weighted by Crippen LogP contribution is -2.55. The first-order valence-electron chi connectivity index (χ1n) is 18.7. The number of hydrogen-bond donors (Lipinski definition) is 0. The minimum absolute atomic E-state index is 0.643. The lowest BCUT2D eigenvalue weighted by molar-refractivity contribution is 0.669. The summed E-state index contributed by atoms with van der Waals surface area (Å²) in [6.07, 6.45) is 0. The molecule has 0 unspecified atom stereocenters.